The van der Waals surface area contributed by atoms with Gasteiger partial charge in [0.25, 0.3) is 0 Å². The zero-order valence-corrected chi connectivity index (χ0v) is 12.8. The molecule has 2 aromatic heterocycles. The zero-order valence-electron chi connectivity index (χ0n) is 12.8. The van der Waals surface area contributed by atoms with Crippen molar-refractivity contribution in [2.24, 2.45) is 0 Å². The normalized spacial score (nSPS) is 10.9. The smallest absolute Gasteiger partial charge is 0.356 e. The van der Waals surface area contributed by atoms with E-state index in [1.54, 1.807) is 24.3 Å². The van der Waals surface area contributed by atoms with Crippen LogP contribution in [0.3, 0.4) is 0 Å². The summed E-state index contributed by atoms with van der Waals surface area (Å²) >= 11 is 0. The number of aromatic nitrogens is 2. The van der Waals surface area contributed by atoms with Crippen LogP contribution < -0.4 is 0 Å². The molecule has 0 aliphatic carbocycles. The maximum atomic E-state index is 12.1. The van der Waals surface area contributed by atoms with Gasteiger partial charge in [0.2, 0.25) is 5.91 Å². The molecule has 0 amide bonds. The van der Waals surface area contributed by atoms with Crippen molar-refractivity contribution in [1.29, 1.82) is 0 Å². The van der Waals surface area contributed by atoms with Crippen LogP contribution in [0.25, 0.3) is 21.8 Å². The largest absolute Gasteiger partial charge is 0.464 e. The lowest BCUT2D eigenvalue weighted by molar-refractivity contribution is 0.0592. The topological polar surface area (TPSA) is 90.4 Å². The van der Waals surface area contributed by atoms with Crippen molar-refractivity contribution in [2.75, 3.05) is 14.2 Å². The van der Waals surface area contributed by atoms with Crippen LogP contribution in [0.2, 0.25) is 0 Å². The molecule has 0 spiro atoms. The van der Waals surface area contributed by atoms with Gasteiger partial charge in [-0.15, -0.1) is 0 Å². The van der Waals surface area contributed by atoms with Gasteiger partial charge < -0.3 is 14.5 Å². The molecule has 0 aliphatic heterocycles. The molecule has 0 unspecified atom stereocenters. The monoisotopic (exact) mass is 314 g/mol. The molecule has 7 nitrogen and oxygen atoms in total. The molecule has 3 rings (SSSR count). The molecular formula is C16H14N2O5. The first-order valence-electron chi connectivity index (χ1n) is 6.84. The highest BCUT2D eigenvalue weighted by Gasteiger charge is 2.28. The molecule has 0 bridgehead atoms. The first-order chi connectivity index (χ1) is 11.0. The number of methoxy groups -OCH3 is 2. The molecule has 0 radical (unpaired) electrons. The minimum Gasteiger partial charge on any atom is -0.464 e. The zero-order chi connectivity index (χ0) is 16.7. The van der Waals surface area contributed by atoms with Crippen LogP contribution in [0.15, 0.2) is 24.3 Å². The van der Waals surface area contributed by atoms with Gasteiger partial charge in [-0.1, -0.05) is 18.2 Å². The maximum absolute atomic E-state index is 12.1. The molecule has 0 saturated heterocycles. The third-order valence-corrected chi connectivity index (χ3v) is 3.71. The average molecular weight is 314 g/mol. The summed E-state index contributed by atoms with van der Waals surface area (Å²) in [5.74, 6) is -1.58. The van der Waals surface area contributed by atoms with E-state index in [1.165, 1.54) is 25.7 Å². The van der Waals surface area contributed by atoms with E-state index in [4.69, 9.17) is 9.47 Å². The predicted molar refractivity (Wildman–Crippen MR) is 82.8 cm³/mol. The number of nitrogens with zero attached hydrogens (tertiary/aromatic N) is 1. The van der Waals surface area contributed by atoms with Crippen LogP contribution in [0.4, 0.5) is 0 Å². The maximum Gasteiger partial charge on any atom is 0.356 e. The van der Waals surface area contributed by atoms with Crippen molar-refractivity contribution in [3.63, 3.8) is 0 Å². The fraction of sp³-hybridized carbons (Fsp3) is 0.188. The number of H-pyrrole nitrogens is 1. The van der Waals surface area contributed by atoms with Crippen LogP contribution in [0.1, 0.15) is 32.7 Å². The number of esters is 2. The Morgan fingerprint density at radius 2 is 1.61 bits per heavy atom. The van der Waals surface area contributed by atoms with E-state index >= 15 is 0 Å². The lowest BCUT2D eigenvalue weighted by Gasteiger charge is -2.03. The summed E-state index contributed by atoms with van der Waals surface area (Å²) in [5, 5.41) is 1.13. The lowest BCUT2D eigenvalue weighted by atomic mass is 10.1. The summed E-state index contributed by atoms with van der Waals surface area (Å²) < 4.78 is 10.9. The van der Waals surface area contributed by atoms with Crippen molar-refractivity contribution in [3.8, 4) is 0 Å². The van der Waals surface area contributed by atoms with Gasteiger partial charge >= 0.3 is 11.9 Å². The lowest BCUT2D eigenvalue weighted by Crippen LogP contribution is -2.10. The number of para-hydroxylation sites is 1. The molecule has 0 fully saturated rings. The highest BCUT2D eigenvalue weighted by atomic mass is 16.5. The highest BCUT2D eigenvalue weighted by Crippen LogP contribution is 2.34. The Hall–Kier alpha value is -3.09. The summed E-state index contributed by atoms with van der Waals surface area (Å²) in [7, 11) is 2.48. The van der Waals surface area contributed by atoms with Gasteiger partial charge in [-0.25, -0.2) is 9.59 Å². The standard InChI is InChI=1S/C16H14N2O5/c1-8(19)18-10-7-5-4-6-9(10)11-12(15(20)22-2)17-13(14(11)18)16(21)23-3/h4-7,17H,1-3H3. The Labute approximate surface area is 130 Å². The third kappa shape index (κ3) is 2.01. The second-order valence-corrected chi connectivity index (χ2v) is 4.95. The first kappa shape index (κ1) is 14.8. The highest BCUT2D eigenvalue weighted by molar-refractivity contribution is 6.23. The number of fused-ring (bicyclic) bond motifs is 3. The molecule has 2 heterocycles. The quantitative estimate of drug-likeness (QED) is 0.733. The minimum absolute atomic E-state index is 0.0364. The van der Waals surface area contributed by atoms with Crippen molar-refractivity contribution in [3.05, 3.63) is 35.7 Å². The number of ether oxygens (including phenoxy) is 2. The van der Waals surface area contributed by atoms with Gasteiger partial charge in [-0.3, -0.25) is 9.36 Å². The van der Waals surface area contributed by atoms with Crippen LogP contribution >= 0.6 is 0 Å². The molecule has 7 heteroatoms. The van der Waals surface area contributed by atoms with E-state index in [0.717, 1.165) is 0 Å². The summed E-state index contributed by atoms with van der Waals surface area (Å²) in [6.45, 7) is 1.39. The van der Waals surface area contributed by atoms with E-state index in [0.29, 0.717) is 21.8 Å². The van der Waals surface area contributed by atoms with Crippen molar-refractivity contribution >= 4 is 39.7 Å². The first-order valence-corrected chi connectivity index (χ1v) is 6.84. The average Bonchev–Trinajstić information content (AvgIpc) is 3.08. The summed E-state index contributed by atoms with van der Waals surface area (Å²) in [4.78, 5) is 39.0. The second-order valence-electron chi connectivity index (χ2n) is 4.95. The molecular weight excluding hydrogens is 300 g/mol. The SMILES string of the molecule is COC(=O)c1[nH]c(C(=O)OC)c2c1c1ccccc1n2C(C)=O. The minimum atomic E-state index is -0.671. The van der Waals surface area contributed by atoms with E-state index in [9.17, 15) is 14.4 Å². The van der Waals surface area contributed by atoms with Crippen LogP contribution in [0, 0.1) is 0 Å². The molecule has 1 aromatic carbocycles. The predicted octanol–water partition coefficient (Wildman–Crippen LogP) is 2.36. The molecule has 0 aliphatic rings. The van der Waals surface area contributed by atoms with E-state index < -0.39 is 11.9 Å². The number of hydrogen-bond donors (Lipinski definition) is 1. The number of carbonyl (C=O) groups excluding carboxylic acids is 3. The Morgan fingerprint density at radius 1 is 1.00 bits per heavy atom. The van der Waals surface area contributed by atoms with Crippen LogP contribution in [0.5, 0.6) is 0 Å². The van der Waals surface area contributed by atoms with Gasteiger partial charge in [-0.05, 0) is 6.07 Å². The Balaban J connectivity index is 2.58. The third-order valence-electron chi connectivity index (χ3n) is 3.71. The Kier molecular flexibility index (Phi) is 3.40. The molecule has 23 heavy (non-hydrogen) atoms. The van der Waals surface area contributed by atoms with Gasteiger partial charge in [0.05, 0.1) is 25.3 Å². The summed E-state index contributed by atoms with van der Waals surface area (Å²) in [5.41, 5.74) is 1.06. The van der Waals surface area contributed by atoms with Crippen molar-refractivity contribution in [1.82, 2.24) is 9.55 Å². The van der Waals surface area contributed by atoms with E-state index in [-0.39, 0.29) is 17.3 Å². The van der Waals surface area contributed by atoms with Crippen molar-refractivity contribution < 1.29 is 23.9 Å². The molecule has 0 atom stereocenters. The number of rotatable bonds is 2. The number of carbonyl (C=O) groups is 3. The van der Waals surface area contributed by atoms with Gasteiger partial charge in [0.15, 0.2) is 5.69 Å². The number of nitrogens with one attached hydrogen (secondary N) is 1. The Bertz CT molecular complexity index is 964. The molecule has 0 saturated carbocycles. The fourth-order valence-corrected chi connectivity index (χ4v) is 2.81. The molecule has 3 aromatic rings. The van der Waals surface area contributed by atoms with Crippen molar-refractivity contribution in [2.45, 2.75) is 6.92 Å². The summed E-state index contributed by atoms with van der Waals surface area (Å²) in [6.07, 6.45) is 0. The molecule has 1 N–H and O–H groups in total. The van der Waals surface area contributed by atoms with Crippen LogP contribution in [-0.4, -0.2) is 41.6 Å². The number of benzene rings is 1. The second kappa shape index (κ2) is 5.28. The number of aromatic amines is 1. The number of hydrogen-bond acceptors (Lipinski definition) is 5. The molecule has 118 valence electrons. The van der Waals surface area contributed by atoms with Gasteiger partial charge in [0.1, 0.15) is 5.69 Å². The van der Waals surface area contributed by atoms with Gasteiger partial charge in [-0.2, -0.15) is 0 Å². The summed E-state index contributed by atoms with van der Waals surface area (Å²) in [6, 6.07) is 7.09. The van der Waals surface area contributed by atoms with Gasteiger partial charge in [0, 0.05) is 17.7 Å². The van der Waals surface area contributed by atoms with E-state index in [2.05, 4.69) is 4.98 Å². The van der Waals surface area contributed by atoms with Crippen LogP contribution in [-0.2, 0) is 9.47 Å². The van der Waals surface area contributed by atoms with E-state index in [1.807, 2.05) is 0 Å². The Morgan fingerprint density at radius 3 is 2.22 bits per heavy atom. The fourth-order valence-electron chi connectivity index (χ4n) is 2.81.